The number of likely N-dealkylation sites (N-methyl/N-ethyl adjacent to an activating group) is 1. The Morgan fingerprint density at radius 2 is 2.50 bits per heavy atom. The van der Waals surface area contributed by atoms with E-state index in [2.05, 4.69) is 27.2 Å². The van der Waals surface area contributed by atoms with Gasteiger partial charge in [0.05, 0.1) is 6.20 Å². The molecule has 1 aromatic rings. The van der Waals surface area contributed by atoms with Gasteiger partial charge in [-0.05, 0) is 26.4 Å². The third-order valence-corrected chi connectivity index (χ3v) is 2.94. The van der Waals surface area contributed by atoms with Crippen LogP contribution in [0.4, 0.5) is 16.2 Å². The first-order chi connectivity index (χ1) is 7.66. The minimum Gasteiger partial charge on any atom is -0.368 e. The molecule has 0 saturated carbocycles. The number of anilines is 2. The maximum absolute atomic E-state index is 13.3. The summed E-state index contributed by atoms with van der Waals surface area (Å²) >= 11 is 0. The minimum absolute atomic E-state index is 0.0867. The van der Waals surface area contributed by atoms with Crippen molar-refractivity contribution in [2.24, 2.45) is 0 Å². The number of likely N-dealkylation sites (tertiary alicyclic amines) is 1. The number of rotatable bonds is 3. The van der Waals surface area contributed by atoms with Crippen LogP contribution in [0.15, 0.2) is 6.20 Å². The molecule has 0 aliphatic carbocycles. The van der Waals surface area contributed by atoms with Crippen LogP contribution in [-0.4, -0.2) is 41.0 Å². The quantitative estimate of drug-likeness (QED) is 0.792. The van der Waals surface area contributed by atoms with Crippen molar-refractivity contribution in [3.63, 3.8) is 0 Å². The van der Waals surface area contributed by atoms with Crippen LogP contribution < -0.4 is 11.1 Å². The van der Waals surface area contributed by atoms with Gasteiger partial charge in [-0.25, -0.2) is 9.37 Å². The normalized spacial score (nSPS) is 21.2. The molecule has 16 heavy (non-hydrogen) atoms. The van der Waals surface area contributed by atoms with Crippen LogP contribution in [-0.2, 0) is 0 Å². The molecule has 5 nitrogen and oxygen atoms in total. The second-order valence-corrected chi connectivity index (χ2v) is 4.08. The van der Waals surface area contributed by atoms with Gasteiger partial charge in [-0.3, -0.25) is 0 Å². The maximum Gasteiger partial charge on any atom is 0.222 e. The van der Waals surface area contributed by atoms with Crippen molar-refractivity contribution in [2.75, 3.05) is 31.2 Å². The maximum atomic E-state index is 13.3. The molecule has 0 bridgehead atoms. The standard InChI is InChI=1S/C10H16FN5/c1-16-4-2-3-7(16)5-13-9-8(11)6-14-10(12)15-9/h6-7H,2-5H2,1H3,(H3,12,13,14,15). The summed E-state index contributed by atoms with van der Waals surface area (Å²) in [4.78, 5) is 9.66. The molecule has 3 N–H and O–H groups in total. The molecule has 0 aromatic carbocycles. The first kappa shape index (κ1) is 11.1. The van der Waals surface area contributed by atoms with E-state index in [1.54, 1.807) is 0 Å². The Bertz CT molecular complexity index is 370. The minimum atomic E-state index is -0.463. The number of hydrogen-bond donors (Lipinski definition) is 2. The van der Waals surface area contributed by atoms with Gasteiger partial charge in [0.15, 0.2) is 11.6 Å². The van der Waals surface area contributed by atoms with Gasteiger partial charge in [0, 0.05) is 12.6 Å². The fourth-order valence-electron chi connectivity index (χ4n) is 1.96. The number of aromatic nitrogens is 2. The van der Waals surface area contributed by atoms with Crippen molar-refractivity contribution in [3.8, 4) is 0 Å². The second-order valence-electron chi connectivity index (χ2n) is 4.08. The van der Waals surface area contributed by atoms with E-state index in [4.69, 9.17) is 5.73 Å². The van der Waals surface area contributed by atoms with Crippen LogP contribution in [0.3, 0.4) is 0 Å². The second kappa shape index (κ2) is 4.61. The van der Waals surface area contributed by atoms with Crippen LogP contribution in [0.25, 0.3) is 0 Å². The molecule has 0 spiro atoms. The summed E-state index contributed by atoms with van der Waals surface area (Å²) in [6.45, 7) is 1.78. The Morgan fingerprint density at radius 3 is 3.19 bits per heavy atom. The SMILES string of the molecule is CN1CCCC1CNc1nc(N)ncc1F. The molecule has 1 saturated heterocycles. The lowest BCUT2D eigenvalue weighted by Gasteiger charge is -2.20. The van der Waals surface area contributed by atoms with E-state index >= 15 is 0 Å². The molecule has 88 valence electrons. The van der Waals surface area contributed by atoms with Crippen LogP contribution >= 0.6 is 0 Å². The summed E-state index contributed by atoms with van der Waals surface area (Å²) in [6.07, 6.45) is 3.41. The monoisotopic (exact) mass is 225 g/mol. The number of hydrogen-bond acceptors (Lipinski definition) is 5. The Hall–Kier alpha value is -1.43. The molecule has 2 heterocycles. The number of nitrogens with one attached hydrogen (secondary N) is 1. The van der Waals surface area contributed by atoms with Gasteiger partial charge >= 0.3 is 0 Å². The molecular formula is C10H16FN5. The molecule has 1 atom stereocenters. The molecule has 6 heteroatoms. The Labute approximate surface area is 93.9 Å². The molecule has 1 aromatic heterocycles. The number of nitrogens with two attached hydrogens (primary N) is 1. The van der Waals surface area contributed by atoms with Gasteiger partial charge in [0.1, 0.15) is 0 Å². The first-order valence-electron chi connectivity index (χ1n) is 5.39. The zero-order valence-electron chi connectivity index (χ0n) is 9.28. The topological polar surface area (TPSA) is 67.1 Å². The summed E-state index contributed by atoms with van der Waals surface area (Å²) in [5, 5.41) is 2.98. The highest BCUT2D eigenvalue weighted by molar-refractivity contribution is 5.39. The largest absolute Gasteiger partial charge is 0.368 e. The predicted octanol–water partition coefficient (Wildman–Crippen LogP) is 0.704. The average Bonchev–Trinajstić information content (AvgIpc) is 2.66. The van der Waals surface area contributed by atoms with Crippen molar-refractivity contribution in [2.45, 2.75) is 18.9 Å². The highest BCUT2D eigenvalue weighted by atomic mass is 19.1. The molecule has 1 fully saturated rings. The zero-order chi connectivity index (χ0) is 11.5. The Morgan fingerprint density at radius 1 is 1.69 bits per heavy atom. The Balaban J connectivity index is 1.96. The fourth-order valence-corrected chi connectivity index (χ4v) is 1.96. The van der Waals surface area contributed by atoms with Crippen molar-refractivity contribution in [1.29, 1.82) is 0 Å². The molecule has 2 rings (SSSR count). The summed E-state index contributed by atoms with van der Waals surface area (Å²) in [6, 6.07) is 0.440. The third kappa shape index (κ3) is 2.38. The van der Waals surface area contributed by atoms with E-state index in [0.29, 0.717) is 12.6 Å². The molecule has 1 aliphatic rings. The fraction of sp³-hybridized carbons (Fsp3) is 0.600. The van der Waals surface area contributed by atoms with Gasteiger partial charge in [-0.2, -0.15) is 4.98 Å². The number of nitrogens with zero attached hydrogens (tertiary/aromatic N) is 3. The van der Waals surface area contributed by atoms with E-state index in [9.17, 15) is 4.39 Å². The van der Waals surface area contributed by atoms with Gasteiger partial charge in [0.25, 0.3) is 0 Å². The molecule has 0 amide bonds. The van der Waals surface area contributed by atoms with E-state index in [1.807, 2.05) is 0 Å². The van der Waals surface area contributed by atoms with Gasteiger partial charge in [-0.15, -0.1) is 0 Å². The zero-order valence-corrected chi connectivity index (χ0v) is 9.28. The Kier molecular flexibility index (Phi) is 3.19. The van der Waals surface area contributed by atoms with Crippen molar-refractivity contribution >= 4 is 11.8 Å². The van der Waals surface area contributed by atoms with E-state index in [-0.39, 0.29) is 11.8 Å². The predicted molar refractivity (Wildman–Crippen MR) is 60.5 cm³/mol. The summed E-state index contributed by atoms with van der Waals surface area (Å²) in [7, 11) is 2.07. The average molecular weight is 225 g/mol. The van der Waals surface area contributed by atoms with Crippen LogP contribution in [0, 0.1) is 5.82 Å². The van der Waals surface area contributed by atoms with E-state index in [0.717, 1.165) is 19.2 Å². The smallest absolute Gasteiger partial charge is 0.222 e. The molecule has 1 unspecified atom stereocenters. The van der Waals surface area contributed by atoms with Crippen molar-refractivity contribution < 1.29 is 4.39 Å². The van der Waals surface area contributed by atoms with Crippen molar-refractivity contribution in [1.82, 2.24) is 14.9 Å². The third-order valence-electron chi connectivity index (χ3n) is 2.94. The summed E-state index contributed by atoms with van der Waals surface area (Å²) < 4.78 is 13.3. The van der Waals surface area contributed by atoms with Gasteiger partial charge < -0.3 is 16.0 Å². The summed E-state index contributed by atoms with van der Waals surface area (Å²) in [5.41, 5.74) is 5.40. The van der Waals surface area contributed by atoms with E-state index in [1.165, 1.54) is 6.42 Å². The number of nitrogen functional groups attached to an aromatic ring is 1. The molecular weight excluding hydrogens is 209 g/mol. The highest BCUT2D eigenvalue weighted by Crippen LogP contribution is 2.16. The molecule has 0 radical (unpaired) electrons. The lowest BCUT2D eigenvalue weighted by molar-refractivity contribution is 0.322. The first-order valence-corrected chi connectivity index (χ1v) is 5.39. The summed E-state index contributed by atoms with van der Waals surface area (Å²) in [5.74, 6) is -0.189. The lowest BCUT2D eigenvalue weighted by Crippen LogP contribution is -2.32. The molecule has 1 aliphatic heterocycles. The van der Waals surface area contributed by atoms with Gasteiger partial charge in [0.2, 0.25) is 5.95 Å². The van der Waals surface area contributed by atoms with Crippen LogP contribution in [0.5, 0.6) is 0 Å². The highest BCUT2D eigenvalue weighted by Gasteiger charge is 2.20. The van der Waals surface area contributed by atoms with E-state index < -0.39 is 5.82 Å². The van der Waals surface area contributed by atoms with Gasteiger partial charge in [-0.1, -0.05) is 0 Å². The van der Waals surface area contributed by atoms with Crippen LogP contribution in [0.2, 0.25) is 0 Å². The lowest BCUT2D eigenvalue weighted by atomic mass is 10.2. The van der Waals surface area contributed by atoms with Crippen molar-refractivity contribution in [3.05, 3.63) is 12.0 Å². The number of halogens is 1. The van der Waals surface area contributed by atoms with Crippen LogP contribution in [0.1, 0.15) is 12.8 Å².